The number of methoxy groups -OCH3 is 1. The van der Waals surface area contributed by atoms with Crippen LogP contribution in [0.2, 0.25) is 0 Å². The van der Waals surface area contributed by atoms with Gasteiger partial charge in [-0.05, 0) is 67.4 Å². The van der Waals surface area contributed by atoms with Gasteiger partial charge in [-0.25, -0.2) is 4.98 Å². The van der Waals surface area contributed by atoms with Crippen LogP contribution in [0.15, 0.2) is 78.0 Å². The molecule has 6 heteroatoms. The Labute approximate surface area is 186 Å². The van der Waals surface area contributed by atoms with Gasteiger partial charge in [-0.1, -0.05) is 43.0 Å². The van der Waals surface area contributed by atoms with Crippen molar-refractivity contribution in [3.05, 3.63) is 78.4 Å². The molecular weight excluding hydrogens is 406 g/mol. The molecule has 0 unspecified atom stereocenters. The highest BCUT2D eigenvalue weighted by atomic mass is 32.2. The highest BCUT2D eigenvalue weighted by Gasteiger charge is 2.20. The van der Waals surface area contributed by atoms with Gasteiger partial charge in [0, 0.05) is 11.4 Å². The van der Waals surface area contributed by atoms with Crippen LogP contribution in [0.3, 0.4) is 0 Å². The minimum absolute atomic E-state index is 0.0532. The van der Waals surface area contributed by atoms with Crippen molar-refractivity contribution in [3.63, 3.8) is 0 Å². The number of benzene rings is 3. The molecule has 31 heavy (non-hydrogen) atoms. The summed E-state index contributed by atoms with van der Waals surface area (Å²) in [7, 11) is 1.65. The Bertz CT molecular complexity index is 1180. The largest absolute Gasteiger partial charge is 0.497 e. The number of rotatable bonds is 7. The van der Waals surface area contributed by atoms with Crippen LogP contribution in [0, 0.1) is 0 Å². The van der Waals surface area contributed by atoms with Crippen LogP contribution in [0.25, 0.3) is 16.7 Å². The molecule has 0 saturated heterocycles. The van der Waals surface area contributed by atoms with Crippen LogP contribution in [-0.4, -0.2) is 27.8 Å². The first-order chi connectivity index (χ1) is 15.1. The number of ether oxygens (including phenoxy) is 1. The molecule has 0 saturated carbocycles. The SMILES string of the molecule is CCc1ccc(NC(=O)[C@H](C)Sc2nc3ccccc3n2-c2ccc(OC)cc2)cc1. The molecule has 5 nitrogen and oxygen atoms in total. The summed E-state index contributed by atoms with van der Waals surface area (Å²) in [5, 5.41) is 3.46. The van der Waals surface area contributed by atoms with Crippen molar-refractivity contribution in [1.29, 1.82) is 0 Å². The van der Waals surface area contributed by atoms with Crippen LogP contribution < -0.4 is 10.1 Å². The zero-order valence-corrected chi connectivity index (χ0v) is 18.6. The van der Waals surface area contributed by atoms with Gasteiger partial charge in [-0.3, -0.25) is 9.36 Å². The number of hydrogen-bond donors (Lipinski definition) is 1. The molecule has 0 bridgehead atoms. The molecule has 0 fully saturated rings. The number of thioether (sulfide) groups is 1. The van der Waals surface area contributed by atoms with E-state index in [1.54, 1.807) is 7.11 Å². The number of fused-ring (bicyclic) bond motifs is 1. The Morgan fingerprint density at radius 3 is 2.45 bits per heavy atom. The van der Waals surface area contributed by atoms with Crippen LogP contribution in [0.1, 0.15) is 19.4 Å². The van der Waals surface area contributed by atoms with Crippen molar-refractivity contribution < 1.29 is 9.53 Å². The zero-order chi connectivity index (χ0) is 21.8. The molecule has 1 atom stereocenters. The fourth-order valence-corrected chi connectivity index (χ4v) is 4.29. The monoisotopic (exact) mass is 431 g/mol. The van der Waals surface area contributed by atoms with Gasteiger partial charge in [0.2, 0.25) is 5.91 Å². The lowest BCUT2D eigenvalue weighted by Crippen LogP contribution is -2.22. The fraction of sp³-hybridized carbons (Fsp3) is 0.200. The number of nitrogens with zero attached hydrogens (tertiary/aromatic N) is 2. The Morgan fingerprint density at radius 1 is 1.06 bits per heavy atom. The van der Waals surface area contributed by atoms with Crippen molar-refractivity contribution in [3.8, 4) is 11.4 Å². The number of hydrogen-bond acceptors (Lipinski definition) is 4. The van der Waals surface area contributed by atoms with E-state index in [2.05, 4.69) is 16.8 Å². The van der Waals surface area contributed by atoms with Gasteiger partial charge in [0.1, 0.15) is 5.75 Å². The van der Waals surface area contributed by atoms with E-state index in [0.29, 0.717) is 0 Å². The molecular formula is C25H25N3O2S. The van der Waals surface area contributed by atoms with Crippen molar-refractivity contribution in [2.24, 2.45) is 0 Å². The number of amides is 1. The smallest absolute Gasteiger partial charge is 0.237 e. The van der Waals surface area contributed by atoms with E-state index < -0.39 is 0 Å². The van der Waals surface area contributed by atoms with E-state index in [1.165, 1.54) is 17.3 Å². The summed E-state index contributed by atoms with van der Waals surface area (Å²) < 4.78 is 7.37. The Morgan fingerprint density at radius 2 is 1.77 bits per heavy atom. The van der Waals surface area contributed by atoms with Gasteiger partial charge in [0.05, 0.1) is 23.4 Å². The summed E-state index contributed by atoms with van der Waals surface area (Å²) in [6, 6.07) is 23.8. The minimum Gasteiger partial charge on any atom is -0.497 e. The average molecular weight is 432 g/mol. The van der Waals surface area contributed by atoms with E-state index >= 15 is 0 Å². The Balaban J connectivity index is 1.60. The summed E-state index contributed by atoms with van der Waals surface area (Å²) in [5.74, 6) is 0.742. The lowest BCUT2D eigenvalue weighted by atomic mass is 10.1. The predicted molar refractivity (Wildman–Crippen MR) is 127 cm³/mol. The molecule has 158 valence electrons. The molecule has 1 aromatic heterocycles. The Hall–Kier alpha value is -3.25. The summed E-state index contributed by atoms with van der Waals surface area (Å²) in [4.78, 5) is 17.6. The van der Waals surface area contributed by atoms with Crippen molar-refractivity contribution in [2.45, 2.75) is 30.7 Å². The average Bonchev–Trinajstić information content (AvgIpc) is 3.17. The number of para-hydroxylation sites is 2. The molecule has 0 aliphatic heterocycles. The fourth-order valence-electron chi connectivity index (χ4n) is 3.34. The molecule has 0 radical (unpaired) electrons. The second-order valence-corrected chi connectivity index (χ2v) is 8.52. The van der Waals surface area contributed by atoms with E-state index in [1.807, 2.05) is 79.7 Å². The molecule has 3 aromatic carbocycles. The van der Waals surface area contributed by atoms with Crippen LogP contribution in [0.5, 0.6) is 5.75 Å². The van der Waals surface area contributed by atoms with E-state index in [0.717, 1.165) is 39.7 Å². The number of nitrogens with one attached hydrogen (secondary N) is 1. The lowest BCUT2D eigenvalue weighted by molar-refractivity contribution is -0.115. The second-order valence-electron chi connectivity index (χ2n) is 7.22. The minimum atomic E-state index is -0.320. The highest BCUT2D eigenvalue weighted by molar-refractivity contribution is 8.00. The van der Waals surface area contributed by atoms with Crippen LogP contribution in [0.4, 0.5) is 5.69 Å². The van der Waals surface area contributed by atoms with Gasteiger partial charge in [-0.15, -0.1) is 0 Å². The molecule has 0 aliphatic carbocycles. The first kappa shape index (κ1) is 21.0. The number of aromatic nitrogens is 2. The molecule has 0 aliphatic rings. The number of imidazole rings is 1. The summed E-state index contributed by atoms with van der Waals surface area (Å²) >= 11 is 1.44. The third-order valence-electron chi connectivity index (χ3n) is 5.14. The first-order valence-electron chi connectivity index (χ1n) is 10.3. The number of carbonyl (C=O) groups excluding carboxylic acids is 1. The summed E-state index contributed by atoms with van der Waals surface area (Å²) in [6.45, 7) is 4.01. The van der Waals surface area contributed by atoms with Crippen LogP contribution in [-0.2, 0) is 11.2 Å². The standard InChI is InChI=1S/C25H25N3O2S/c1-4-18-9-11-19(12-10-18)26-24(29)17(2)31-25-27-22-7-5-6-8-23(22)28(25)20-13-15-21(30-3)16-14-20/h5-17H,4H2,1-3H3,(H,26,29)/t17-/m0/s1. The quantitative estimate of drug-likeness (QED) is 0.381. The van der Waals surface area contributed by atoms with Crippen LogP contribution >= 0.6 is 11.8 Å². The zero-order valence-electron chi connectivity index (χ0n) is 17.8. The van der Waals surface area contributed by atoms with E-state index in [9.17, 15) is 4.79 Å². The predicted octanol–water partition coefficient (Wildman–Crippen LogP) is 5.72. The van der Waals surface area contributed by atoms with E-state index in [4.69, 9.17) is 9.72 Å². The van der Waals surface area contributed by atoms with Gasteiger partial charge >= 0.3 is 0 Å². The molecule has 1 amide bonds. The normalized spacial score (nSPS) is 12.0. The maximum atomic E-state index is 12.8. The number of anilines is 1. The second kappa shape index (κ2) is 9.27. The number of aryl methyl sites for hydroxylation is 1. The van der Waals surface area contributed by atoms with Crippen molar-refractivity contribution >= 4 is 34.4 Å². The molecule has 4 rings (SSSR count). The third kappa shape index (κ3) is 4.59. The van der Waals surface area contributed by atoms with Gasteiger partial charge in [0.25, 0.3) is 0 Å². The van der Waals surface area contributed by atoms with Gasteiger partial charge in [-0.2, -0.15) is 0 Å². The maximum absolute atomic E-state index is 12.8. The summed E-state index contributed by atoms with van der Waals surface area (Å²) in [5.41, 5.74) is 4.91. The molecule has 1 heterocycles. The Kier molecular flexibility index (Phi) is 6.28. The molecule has 4 aromatic rings. The lowest BCUT2D eigenvalue weighted by Gasteiger charge is -2.14. The van der Waals surface area contributed by atoms with E-state index in [-0.39, 0.29) is 11.2 Å². The van der Waals surface area contributed by atoms with Gasteiger partial charge in [0.15, 0.2) is 5.16 Å². The molecule has 1 N–H and O–H groups in total. The van der Waals surface area contributed by atoms with Crippen molar-refractivity contribution in [2.75, 3.05) is 12.4 Å². The van der Waals surface area contributed by atoms with Crippen molar-refractivity contribution in [1.82, 2.24) is 9.55 Å². The van der Waals surface area contributed by atoms with Gasteiger partial charge < -0.3 is 10.1 Å². The topological polar surface area (TPSA) is 56.2 Å². The molecule has 0 spiro atoms. The highest BCUT2D eigenvalue weighted by Crippen LogP contribution is 2.31. The summed E-state index contributed by atoms with van der Waals surface area (Å²) in [6.07, 6.45) is 0.974. The third-order valence-corrected chi connectivity index (χ3v) is 6.19. The first-order valence-corrected chi connectivity index (χ1v) is 11.2. The maximum Gasteiger partial charge on any atom is 0.237 e. The number of carbonyl (C=O) groups is 1.